The summed E-state index contributed by atoms with van der Waals surface area (Å²) in [6, 6.07) is 5.00. The lowest BCUT2D eigenvalue weighted by Gasteiger charge is -2.04. The first kappa shape index (κ1) is 10.9. The molecule has 2 aromatic rings. The molecule has 1 aromatic heterocycles. The fourth-order valence-electron chi connectivity index (χ4n) is 1.36. The number of hydrogen-bond donors (Lipinski definition) is 1. The Morgan fingerprint density at radius 2 is 2.19 bits per heavy atom. The van der Waals surface area contributed by atoms with Crippen molar-refractivity contribution in [2.24, 2.45) is 0 Å². The summed E-state index contributed by atoms with van der Waals surface area (Å²) in [6.45, 7) is 3.33. The molecule has 2 rings (SSSR count). The minimum Gasteiger partial charge on any atom is -0.441 e. The molecule has 5 nitrogen and oxygen atoms in total. The van der Waals surface area contributed by atoms with Gasteiger partial charge in [0.15, 0.2) is 11.5 Å². The number of anilines is 1. The SMILES string of the molecule is CCS(=O)(=O)Nc1ccc2oc(C)nc2c1. The van der Waals surface area contributed by atoms with Gasteiger partial charge in [0.25, 0.3) is 0 Å². The smallest absolute Gasteiger partial charge is 0.232 e. The lowest BCUT2D eigenvalue weighted by molar-refractivity contribution is 0.561. The number of oxazole rings is 1. The maximum atomic E-state index is 11.4. The van der Waals surface area contributed by atoms with Crippen LogP contribution in [-0.4, -0.2) is 19.2 Å². The van der Waals surface area contributed by atoms with Gasteiger partial charge in [-0.3, -0.25) is 4.72 Å². The van der Waals surface area contributed by atoms with Crippen molar-refractivity contribution in [1.82, 2.24) is 4.98 Å². The van der Waals surface area contributed by atoms with E-state index in [1.54, 1.807) is 32.0 Å². The Labute approximate surface area is 93.5 Å². The predicted octanol–water partition coefficient (Wildman–Crippen LogP) is 1.90. The maximum absolute atomic E-state index is 11.4. The average molecular weight is 240 g/mol. The first-order valence-electron chi connectivity index (χ1n) is 4.88. The Balaban J connectivity index is 2.40. The van der Waals surface area contributed by atoms with E-state index in [0.717, 1.165) is 0 Å². The third-order valence-corrected chi connectivity index (χ3v) is 3.45. The summed E-state index contributed by atoms with van der Waals surface area (Å²) < 4.78 is 30.5. The number of benzene rings is 1. The van der Waals surface area contributed by atoms with E-state index in [1.807, 2.05) is 0 Å². The second-order valence-corrected chi connectivity index (χ2v) is 5.43. The van der Waals surface area contributed by atoms with Crippen LogP contribution in [0, 0.1) is 6.92 Å². The van der Waals surface area contributed by atoms with Crippen LogP contribution in [0.4, 0.5) is 5.69 Å². The average Bonchev–Trinajstić information content (AvgIpc) is 2.57. The van der Waals surface area contributed by atoms with Crippen molar-refractivity contribution in [2.45, 2.75) is 13.8 Å². The van der Waals surface area contributed by atoms with E-state index in [4.69, 9.17) is 4.42 Å². The van der Waals surface area contributed by atoms with Gasteiger partial charge < -0.3 is 4.42 Å². The highest BCUT2D eigenvalue weighted by Crippen LogP contribution is 2.20. The summed E-state index contributed by atoms with van der Waals surface area (Å²) in [5, 5.41) is 0. The largest absolute Gasteiger partial charge is 0.441 e. The molecule has 0 unspecified atom stereocenters. The molecule has 0 fully saturated rings. The summed E-state index contributed by atoms with van der Waals surface area (Å²) in [5.74, 6) is 0.605. The fourth-order valence-corrected chi connectivity index (χ4v) is 1.99. The van der Waals surface area contributed by atoms with Crippen LogP contribution in [0.15, 0.2) is 22.6 Å². The molecule has 0 atom stereocenters. The highest BCUT2D eigenvalue weighted by atomic mass is 32.2. The highest BCUT2D eigenvalue weighted by Gasteiger charge is 2.08. The summed E-state index contributed by atoms with van der Waals surface area (Å²) in [5.41, 5.74) is 1.80. The van der Waals surface area contributed by atoms with Crippen molar-refractivity contribution in [2.75, 3.05) is 10.5 Å². The molecule has 0 spiro atoms. The van der Waals surface area contributed by atoms with E-state index in [0.29, 0.717) is 22.7 Å². The number of fused-ring (bicyclic) bond motifs is 1. The molecular formula is C10H12N2O3S. The number of hydrogen-bond acceptors (Lipinski definition) is 4. The Bertz CT molecular complexity index is 616. The number of nitrogens with one attached hydrogen (secondary N) is 1. The summed E-state index contributed by atoms with van der Waals surface area (Å²) in [4.78, 5) is 4.13. The van der Waals surface area contributed by atoms with Gasteiger partial charge in [-0.2, -0.15) is 0 Å². The van der Waals surface area contributed by atoms with Crippen LogP contribution in [0.5, 0.6) is 0 Å². The molecule has 0 aliphatic heterocycles. The maximum Gasteiger partial charge on any atom is 0.232 e. The molecule has 6 heteroatoms. The first-order chi connectivity index (χ1) is 7.50. The van der Waals surface area contributed by atoms with Gasteiger partial charge in [0.05, 0.1) is 11.4 Å². The van der Waals surface area contributed by atoms with Crippen molar-refractivity contribution >= 4 is 26.8 Å². The number of rotatable bonds is 3. The second-order valence-electron chi connectivity index (χ2n) is 3.42. The monoisotopic (exact) mass is 240 g/mol. The van der Waals surface area contributed by atoms with Gasteiger partial charge in [-0.05, 0) is 25.1 Å². The highest BCUT2D eigenvalue weighted by molar-refractivity contribution is 7.92. The van der Waals surface area contributed by atoms with Crippen LogP contribution in [-0.2, 0) is 10.0 Å². The first-order valence-corrected chi connectivity index (χ1v) is 6.53. The van der Waals surface area contributed by atoms with Gasteiger partial charge in [-0.25, -0.2) is 13.4 Å². The number of sulfonamides is 1. The summed E-state index contributed by atoms with van der Waals surface area (Å²) in [6.07, 6.45) is 0. The molecule has 0 amide bonds. The number of aryl methyl sites for hydroxylation is 1. The van der Waals surface area contributed by atoms with E-state index in [-0.39, 0.29) is 5.75 Å². The van der Waals surface area contributed by atoms with Gasteiger partial charge in [0, 0.05) is 6.92 Å². The molecule has 1 aromatic carbocycles. The molecule has 0 radical (unpaired) electrons. The molecular weight excluding hydrogens is 228 g/mol. The van der Waals surface area contributed by atoms with E-state index in [2.05, 4.69) is 9.71 Å². The van der Waals surface area contributed by atoms with Crippen LogP contribution < -0.4 is 4.72 Å². The molecule has 0 saturated heterocycles. The summed E-state index contributed by atoms with van der Waals surface area (Å²) in [7, 11) is -3.24. The van der Waals surface area contributed by atoms with Crippen molar-refractivity contribution in [3.05, 3.63) is 24.1 Å². The van der Waals surface area contributed by atoms with Crippen molar-refractivity contribution < 1.29 is 12.8 Å². The third kappa shape index (κ3) is 2.16. The predicted molar refractivity (Wildman–Crippen MR) is 61.8 cm³/mol. The Hall–Kier alpha value is -1.56. The molecule has 16 heavy (non-hydrogen) atoms. The van der Waals surface area contributed by atoms with Gasteiger partial charge in [-0.15, -0.1) is 0 Å². The molecule has 86 valence electrons. The van der Waals surface area contributed by atoms with Gasteiger partial charge >= 0.3 is 0 Å². The standard InChI is InChI=1S/C10H12N2O3S/c1-3-16(13,14)12-8-4-5-10-9(6-8)11-7(2)15-10/h4-6,12H,3H2,1-2H3. The van der Waals surface area contributed by atoms with Crippen LogP contribution in [0.25, 0.3) is 11.1 Å². The van der Waals surface area contributed by atoms with Crippen molar-refractivity contribution in [1.29, 1.82) is 0 Å². The van der Waals surface area contributed by atoms with Gasteiger partial charge in [0.2, 0.25) is 10.0 Å². The Morgan fingerprint density at radius 1 is 1.44 bits per heavy atom. The Kier molecular flexibility index (Phi) is 2.59. The molecule has 0 bridgehead atoms. The van der Waals surface area contributed by atoms with Crippen molar-refractivity contribution in [3.8, 4) is 0 Å². The van der Waals surface area contributed by atoms with Crippen LogP contribution in [0.2, 0.25) is 0 Å². The van der Waals surface area contributed by atoms with Crippen LogP contribution >= 0.6 is 0 Å². The minimum absolute atomic E-state index is 0.0445. The molecule has 0 aliphatic rings. The fraction of sp³-hybridized carbons (Fsp3) is 0.300. The number of aromatic nitrogens is 1. The molecule has 0 saturated carbocycles. The number of nitrogens with zero attached hydrogens (tertiary/aromatic N) is 1. The van der Waals surface area contributed by atoms with Crippen LogP contribution in [0.3, 0.4) is 0 Å². The zero-order valence-corrected chi connectivity index (χ0v) is 9.84. The van der Waals surface area contributed by atoms with Crippen molar-refractivity contribution in [3.63, 3.8) is 0 Å². The van der Waals surface area contributed by atoms with E-state index in [1.165, 1.54) is 0 Å². The molecule has 0 aliphatic carbocycles. The lowest BCUT2D eigenvalue weighted by Crippen LogP contribution is -2.14. The zero-order chi connectivity index (χ0) is 11.8. The van der Waals surface area contributed by atoms with E-state index in [9.17, 15) is 8.42 Å². The summed E-state index contributed by atoms with van der Waals surface area (Å²) >= 11 is 0. The normalized spacial score (nSPS) is 11.9. The third-order valence-electron chi connectivity index (χ3n) is 2.15. The van der Waals surface area contributed by atoms with Gasteiger partial charge in [-0.1, -0.05) is 0 Å². The quantitative estimate of drug-likeness (QED) is 0.889. The van der Waals surface area contributed by atoms with E-state index < -0.39 is 10.0 Å². The lowest BCUT2D eigenvalue weighted by atomic mass is 10.3. The van der Waals surface area contributed by atoms with Gasteiger partial charge in [0.1, 0.15) is 5.52 Å². The Morgan fingerprint density at radius 3 is 2.88 bits per heavy atom. The molecule has 1 N–H and O–H groups in total. The van der Waals surface area contributed by atoms with Crippen LogP contribution in [0.1, 0.15) is 12.8 Å². The molecule has 1 heterocycles. The van der Waals surface area contributed by atoms with E-state index >= 15 is 0 Å². The minimum atomic E-state index is -3.24. The topological polar surface area (TPSA) is 72.2 Å². The zero-order valence-electron chi connectivity index (χ0n) is 9.02. The second kappa shape index (κ2) is 3.79.